The Morgan fingerprint density at radius 2 is 1.79 bits per heavy atom. The second-order valence-corrected chi connectivity index (χ2v) is 6.07. The summed E-state index contributed by atoms with van der Waals surface area (Å²) in [6, 6.07) is 6.63. The molecule has 2 aromatic heterocycles. The highest BCUT2D eigenvalue weighted by molar-refractivity contribution is 6.34. The first kappa shape index (κ1) is 16.2. The third kappa shape index (κ3) is 2.37. The molecule has 0 saturated heterocycles. The van der Waals surface area contributed by atoms with Gasteiger partial charge in [0.25, 0.3) is 5.91 Å². The predicted octanol–water partition coefficient (Wildman–Crippen LogP) is 4.03. The Hall–Kier alpha value is -2.66. The Labute approximate surface area is 144 Å². The Morgan fingerprint density at radius 3 is 2.29 bits per heavy atom. The molecule has 0 atom stereocenters. The van der Waals surface area contributed by atoms with Crippen LogP contribution in [-0.4, -0.2) is 15.6 Å². The molecular weight excluding hydrogens is 328 g/mol. The fourth-order valence-electron chi connectivity index (χ4n) is 3.02. The number of aromatic nitrogens is 1. The Balaban J connectivity index is 2.43. The van der Waals surface area contributed by atoms with Gasteiger partial charge in [0.05, 0.1) is 6.26 Å². The minimum atomic E-state index is -0.570. The average molecular weight is 345 g/mol. The second-order valence-electron chi connectivity index (χ2n) is 5.71. The lowest BCUT2D eigenvalue weighted by molar-refractivity contribution is 0.0993. The zero-order chi connectivity index (χ0) is 17.6. The lowest BCUT2D eigenvalue weighted by Crippen LogP contribution is -2.16. The number of aromatic hydroxyl groups is 1. The number of halogens is 1. The zero-order valence-electron chi connectivity index (χ0n) is 13.6. The number of benzene rings is 1. The molecule has 1 amide bonds. The summed E-state index contributed by atoms with van der Waals surface area (Å²) in [7, 11) is 1.70. The highest BCUT2D eigenvalue weighted by Crippen LogP contribution is 2.44. The topological polar surface area (TPSA) is 81.4 Å². The van der Waals surface area contributed by atoms with Gasteiger partial charge in [-0.15, -0.1) is 0 Å². The van der Waals surface area contributed by atoms with Crippen LogP contribution < -0.4 is 5.73 Å². The van der Waals surface area contributed by atoms with E-state index < -0.39 is 5.91 Å². The Morgan fingerprint density at radius 1 is 1.17 bits per heavy atom. The van der Waals surface area contributed by atoms with Gasteiger partial charge in [-0.05, 0) is 37.1 Å². The standard InChI is InChI=1S/C18H17ClN2O3/c1-9-8-24-10(2)13(9)15-14(11-4-6-12(22)7-5-11)17(19)21(3)16(15)18(20)23/h4-8,22H,1-3H3,(H2,20,23). The van der Waals surface area contributed by atoms with Crippen molar-refractivity contribution in [3.63, 3.8) is 0 Å². The summed E-state index contributed by atoms with van der Waals surface area (Å²) >= 11 is 6.52. The normalized spacial score (nSPS) is 11.0. The molecule has 24 heavy (non-hydrogen) atoms. The van der Waals surface area contributed by atoms with Crippen LogP contribution in [-0.2, 0) is 7.05 Å². The highest BCUT2D eigenvalue weighted by atomic mass is 35.5. The monoisotopic (exact) mass is 344 g/mol. The predicted molar refractivity (Wildman–Crippen MR) is 93.2 cm³/mol. The number of carbonyl (C=O) groups is 1. The number of phenols is 1. The van der Waals surface area contributed by atoms with Gasteiger partial charge in [-0.1, -0.05) is 23.7 Å². The van der Waals surface area contributed by atoms with Gasteiger partial charge in [0.2, 0.25) is 0 Å². The molecule has 6 heteroatoms. The largest absolute Gasteiger partial charge is 0.508 e. The van der Waals surface area contributed by atoms with E-state index >= 15 is 0 Å². The van der Waals surface area contributed by atoms with Gasteiger partial charge in [0, 0.05) is 23.7 Å². The summed E-state index contributed by atoms with van der Waals surface area (Å²) in [5.74, 6) is 0.259. The van der Waals surface area contributed by atoms with Gasteiger partial charge in [-0.25, -0.2) is 0 Å². The van der Waals surface area contributed by atoms with Crippen LogP contribution >= 0.6 is 11.6 Å². The summed E-state index contributed by atoms with van der Waals surface area (Å²) in [6.45, 7) is 3.73. The van der Waals surface area contributed by atoms with Gasteiger partial charge < -0.3 is 19.8 Å². The van der Waals surface area contributed by atoms with Crippen molar-refractivity contribution in [1.29, 1.82) is 0 Å². The molecule has 0 bridgehead atoms. The van der Waals surface area contributed by atoms with E-state index in [9.17, 15) is 9.90 Å². The van der Waals surface area contributed by atoms with Crippen LogP contribution in [0.4, 0.5) is 0 Å². The molecule has 0 unspecified atom stereocenters. The number of primary amides is 1. The number of furan rings is 1. The fourth-order valence-corrected chi connectivity index (χ4v) is 3.31. The maximum Gasteiger partial charge on any atom is 0.266 e. The number of hydrogen-bond acceptors (Lipinski definition) is 3. The number of carbonyl (C=O) groups excluding carboxylic acids is 1. The molecule has 0 aliphatic heterocycles. The summed E-state index contributed by atoms with van der Waals surface area (Å²) in [6.07, 6.45) is 1.64. The molecule has 2 heterocycles. The van der Waals surface area contributed by atoms with Crippen molar-refractivity contribution in [2.24, 2.45) is 12.8 Å². The van der Waals surface area contributed by atoms with E-state index in [1.54, 1.807) is 42.1 Å². The van der Waals surface area contributed by atoms with Crippen molar-refractivity contribution < 1.29 is 14.3 Å². The van der Waals surface area contributed by atoms with Crippen LogP contribution in [0.15, 0.2) is 34.9 Å². The third-order valence-corrected chi connectivity index (χ3v) is 4.56. The molecule has 3 rings (SSSR count). The molecule has 0 saturated carbocycles. The molecule has 124 valence electrons. The van der Waals surface area contributed by atoms with E-state index in [2.05, 4.69) is 0 Å². The van der Waals surface area contributed by atoms with Crippen LogP contribution in [0, 0.1) is 13.8 Å². The van der Waals surface area contributed by atoms with Crippen molar-refractivity contribution in [1.82, 2.24) is 4.57 Å². The average Bonchev–Trinajstić information content (AvgIpc) is 2.98. The van der Waals surface area contributed by atoms with Gasteiger partial charge in [0.15, 0.2) is 0 Å². The maximum atomic E-state index is 12.1. The van der Waals surface area contributed by atoms with E-state index in [0.29, 0.717) is 27.7 Å². The van der Waals surface area contributed by atoms with Crippen LogP contribution in [0.3, 0.4) is 0 Å². The number of nitrogens with two attached hydrogens (primary N) is 1. The maximum absolute atomic E-state index is 12.1. The van der Waals surface area contributed by atoms with Gasteiger partial charge in [0.1, 0.15) is 22.4 Å². The first-order valence-corrected chi connectivity index (χ1v) is 7.73. The molecule has 5 nitrogen and oxygen atoms in total. The number of rotatable bonds is 3. The summed E-state index contributed by atoms with van der Waals surface area (Å²) < 4.78 is 7.08. The van der Waals surface area contributed by atoms with Gasteiger partial charge >= 0.3 is 0 Å². The van der Waals surface area contributed by atoms with Crippen LogP contribution in [0.1, 0.15) is 21.8 Å². The van der Waals surface area contributed by atoms with E-state index in [0.717, 1.165) is 16.7 Å². The SMILES string of the molecule is Cc1coc(C)c1-c1c(-c2ccc(O)cc2)c(Cl)n(C)c1C(N)=O. The Bertz CT molecular complexity index is 917. The summed E-state index contributed by atoms with van der Waals surface area (Å²) in [5, 5.41) is 9.93. The molecule has 0 aliphatic carbocycles. The number of nitrogens with zero attached hydrogens (tertiary/aromatic N) is 1. The molecule has 3 aromatic rings. The minimum Gasteiger partial charge on any atom is -0.508 e. The van der Waals surface area contributed by atoms with Crippen molar-refractivity contribution >= 4 is 17.5 Å². The van der Waals surface area contributed by atoms with E-state index in [-0.39, 0.29) is 5.75 Å². The highest BCUT2D eigenvalue weighted by Gasteiger charge is 2.28. The van der Waals surface area contributed by atoms with E-state index in [4.69, 9.17) is 21.8 Å². The first-order valence-electron chi connectivity index (χ1n) is 7.35. The fraction of sp³-hybridized carbons (Fsp3) is 0.167. The zero-order valence-corrected chi connectivity index (χ0v) is 14.3. The third-order valence-electron chi connectivity index (χ3n) is 4.12. The van der Waals surface area contributed by atoms with Crippen LogP contribution in [0.5, 0.6) is 5.75 Å². The van der Waals surface area contributed by atoms with Crippen LogP contribution in [0.25, 0.3) is 22.3 Å². The number of aryl methyl sites for hydroxylation is 2. The van der Waals surface area contributed by atoms with Crippen molar-refractivity contribution in [2.45, 2.75) is 13.8 Å². The minimum absolute atomic E-state index is 0.151. The molecular formula is C18H17ClN2O3. The number of amides is 1. The lowest BCUT2D eigenvalue weighted by Gasteiger charge is -2.08. The number of phenolic OH excluding ortho intramolecular Hbond substituents is 1. The van der Waals surface area contributed by atoms with Crippen molar-refractivity contribution in [3.8, 4) is 28.0 Å². The number of hydrogen-bond donors (Lipinski definition) is 2. The van der Waals surface area contributed by atoms with Crippen molar-refractivity contribution in [3.05, 3.63) is 52.7 Å². The van der Waals surface area contributed by atoms with E-state index in [1.807, 2.05) is 13.8 Å². The Kier molecular flexibility index (Phi) is 3.89. The smallest absolute Gasteiger partial charge is 0.266 e. The molecule has 0 aliphatic rings. The quantitative estimate of drug-likeness (QED) is 0.752. The molecule has 3 N–H and O–H groups in total. The van der Waals surface area contributed by atoms with E-state index in [1.165, 1.54) is 0 Å². The first-order chi connectivity index (χ1) is 11.3. The van der Waals surface area contributed by atoms with Gasteiger partial charge in [-0.2, -0.15) is 0 Å². The molecule has 1 aromatic carbocycles. The summed E-state index contributed by atoms with van der Waals surface area (Å²) in [5.41, 5.74) is 9.72. The second kappa shape index (κ2) is 5.76. The lowest BCUT2D eigenvalue weighted by atomic mass is 9.94. The van der Waals surface area contributed by atoms with Crippen LogP contribution in [0.2, 0.25) is 5.15 Å². The van der Waals surface area contributed by atoms with Gasteiger partial charge in [-0.3, -0.25) is 4.79 Å². The molecule has 0 spiro atoms. The van der Waals surface area contributed by atoms with Crippen molar-refractivity contribution in [2.75, 3.05) is 0 Å². The summed E-state index contributed by atoms with van der Waals surface area (Å²) in [4.78, 5) is 12.1. The molecule has 0 radical (unpaired) electrons. The molecule has 0 fully saturated rings.